The average Bonchev–Trinajstić information content (AvgIpc) is 3.49. The van der Waals surface area contributed by atoms with Crippen LogP contribution in [0.15, 0.2) is 64.5 Å². The normalized spacial score (nSPS) is 35.2. The third-order valence-electron chi connectivity index (χ3n) is 10.8. The van der Waals surface area contributed by atoms with Gasteiger partial charge in [-0.25, -0.2) is 4.98 Å². The Morgan fingerprint density at radius 2 is 2.09 bits per heavy atom. The molecule has 0 radical (unpaired) electrons. The first-order chi connectivity index (χ1) is 20.3. The van der Waals surface area contributed by atoms with Gasteiger partial charge in [-0.15, -0.1) is 0 Å². The Hall–Kier alpha value is -2.75. The minimum Gasteiger partial charge on any atom is -0.494 e. The van der Waals surface area contributed by atoms with Crippen molar-refractivity contribution in [3.8, 4) is 5.75 Å². The van der Waals surface area contributed by atoms with Crippen molar-refractivity contribution in [2.24, 2.45) is 33.8 Å². The lowest BCUT2D eigenvalue weighted by atomic mass is 9.45. The zero-order valence-corrected chi connectivity index (χ0v) is 26.6. The number of hydrogen-bond acceptors (Lipinski definition) is 8. The Morgan fingerprint density at radius 3 is 2.81 bits per heavy atom. The third-order valence-corrected chi connectivity index (χ3v) is 11.7. The smallest absolute Gasteiger partial charge is 0.175 e. The monoisotopic (exact) mass is 605 g/mol. The van der Waals surface area contributed by atoms with E-state index in [1.807, 2.05) is 25.1 Å². The fourth-order valence-corrected chi connectivity index (χ4v) is 9.99. The largest absolute Gasteiger partial charge is 0.494 e. The van der Waals surface area contributed by atoms with Crippen LogP contribution in [-0.4, -0.2) is 50.6 Å². The summed E-state index contributed by atoms with van der Waals surface area (Å²) in [5.41, 5.74) is 1.77. The number of rotatable bonds is 9. The van der Waals surface area contributed by atoms with Gasteiger partial charge in [0.1, 0.15) is 11.4 Å². The van der Waals surface area contributed by atoms with E-state index >= 15 is 0 Å². The van der Waals surface area contributed by atoms with Crippen LogP contribution in [-0.2, 0) is 9.53 Å². The SMILES string of the molecule is C=C1C=CC2(C)C(=C1)CCC1C2C(N=O)CC2(C)C1CC[C@]2(OC(C)(C)O)C(=O)CSc1nc2ccc(OCC)cc2[nH]1. The van der Waals surface area contributed by atoms with E-state index in [9.17, 15) is 14.8 Å². The van der Waals surface area contributed by atoms with Gasteiger partial charge in [0.05, 0.1) is 29.4 Å². The first-order valence-corrected chi connectivity index (χ1v) is 16.4. The number of aromatic nitrogens is 2. The molecule has 6 rings (SSSR count). The summed E-state index contributed by atoms with van der Waals surface area (Å²) < 4.78 is 12.1. The number of aromatic amines is 1. The maximum absolute atomic E-state index is 14.5. The standard InChI is InChI=1S/C34H43N3O5S/c1-7-41-22-9-11-25-26(17-22)36-30(35-25)43-19-28(38)34(42-31(3,4)39)15-13-24-23-10-8-21-16-20(2)12-14-32(21,5)29(23)27(37-40)18-33(24,34)6/h9,11-12,14,16-17,23-24,27,29,39H,2,7-8,10,13,15,18-19H2,1,3-6H3,(H,35,36)/t23?,24?,27?,29?,32?,33?,34-/m0/s1. The highest BCUT2D eigenvalue weighted by molar-refractivity contribution is 7.99. The van der Waals surface area contributed by atoms with Gasteiger partial charge in [0, 0.05) is 22.8 Å². The third kappa shape index (κ3) is 4.92. The van der Waals surface area contributed by atoms with Crippen LogP contribution in [0.25, 0.3) is 11.0 Å². The molecular weight excluding hydrogens is 562 g/mol. The maximum atomic E-state index is 14.5. The molecule has 2 N–H and O–H groups in total. The van der Waals surface area contributed by atoms with Crippen molar-refractivity contribution >= 4 is 28.6 Å². The second-order valence-electron chi connectivity index (χ2n) is 13.8. The summed E-state index contributed by atoms with van der Waals surface area (Å²) in [4.78, 5) is 35.1. The van der Waals surface area contributed by atoms with Crippen molar-refractivity contribution in [1.29, 1.82) is 0 Å². The number of nitrogens with zero attached hydrogens (tertiary/aromatic N) is 2. The molecule has 1 aromatic carbocycles. The summed E-state index contributed by atoms with van der Waals surface area (Å²) in [5.74, 6) is -0.315. The minimum absolute atomic E-state index is 0.0481. The number of Topliss-reactive ketones (excluding diaryl/α,β-unsaturated/α-hetero) is 1. The Labute approximate surface area is 257 Å². The molecule has 0 spiro atoms. The molecule has 6 unspecified atom stereocenters. The number of ether oxygens (including phenoxy) is 2. The van der Waals surface area contributed by atoms with Crippen molar-refractivity contribution < 1.29 is 19.4 Å². The highest BCUT2D eigenvalue weighted by Gasteiger charge is 2.70. The molecule has 0 bridgehead atoms. The van der Waals surface area contributed by atoms with Gasteiger partial charge < -0.3 is 19.6 Å². The number of ketones is 1. The molecule has 9 heteroatoms. The van der Waals surface area contributed by atoms with E-state index in [0.29, 0.717) is 24.6 Å². The van der Waals surface area contributed by atoms with Crippen LogP contribution >= 0.6 is 11.8 Å². The molecule has 230 valence electrons. The second-order valence-corrected chi connectivity index (χ2v) is 14.7. The van der Waals surface area contributed by atoms with Gasteiger partial charge in [-0.2, -0.15) is 4.91 Å². The van der Waals surface area contributed by atoms with Crippen LogP contribution in [0.5, 0.6) is 5.75 Å². The Morgan fingerprint density at radius 1 is 1.30 bits per heavy atom. The van der Waals surface area contributed by atoms with Gasteiger partial charge in [0.25, 0.3) is 0 Å². The first kappa shape index (κ1) is 30.3. The Bertz CT molecular complexity index is 1520. The number of carbonyl (C=O) groups excluding carboxylic acids is 1. The summed E-state index contributed by atoms with van der Waals surface area (Å²) in [5, 5.41) is 15.4. The number of nitroso groups, excluding NO2 is 1. The molecule has 4 aliphatic rings. The number of fused-ring (bicyclic) bond motifs is 6. The van der Waals surface area contributed by atoms with E-state index in [0.717, 1.165) is 41.6 Å². The zero-order chi connectivity index (χ0) is 30.8. The van der Waals surface area contributed by atoms with Gasteiger partial charge in [0.15, 0.2) is 16.7 Å². The van der Waals surface area contributed by atoms with E-state index in [2.05, 4.69) is 53.8 Å². The van der Waals surface area contributed by atoms with Crippen molar-refractivity contribution in [2.45, 2.75) is 89.3 Å². The predicted octanol–water partition coefficient (Wildman–Crippen LogP) is 7.15. The quantitative estimate of drug-likeness (QED) is 0.177. The summed E-state index contributed by atoms with van der Waals surface area (Å²) in [6.45, 7) is 14.2. The van der Waals surface area contributed by atoms with Crippen molar-refractivity contribution in [3.63, 3.8) is 0 Å². The molecule has 8 nitrogen and oxygen atoms in total. The van der Waals surface area contributed by atoms with E-state index in [4.69, 9.17) is 9.47 Å². The molecule has 7 atom stereocenters. The summed E-state index contributed by atoms with van der Waals surface area (Å²) in [6.07, 6.45) is 10.1. The lowest BCUT2D eigenvalue weighted by Gasteiger charge is -2.60. The topological polar surface area (TPSA) is 114 Å². The Kier molecular flexibility index (Phi) is 7.54. The number of thioether (sulfide) groups is 1. The van der Waals surface area contributed by atoms with Crippen molar-refractivity contribution in [3.05, 3.63) is 59.1 Å². The predicted molar refractivity (Wildman–Crippen MR) is 169 cm³/mol. The van der Waals surface area contributed by atoms with Crippen LogP contribution < -0.4 is 4.74 Å². The molecular formula is C34H43N3O5S. The van der Waals surface area contributed by atoms with Crippen LogP contribution in [0, 0.1) is 33.5 Å². The molecule has 3 fully saturated rings. The van der Waals surface area contributed by atoms with E-state index in [1.54, 1.807) is 13.8 Å². The molecule has 1 aromatic heterocycles. The van der Waals surface area contributed by atoms with Gasteiger partial charge >= 0.3 is 0 Å². The second kappa shape index (κ2) is 10.7. The fraction of sp³-hybridized carbons (Fsp3) is 0.588. The number of allylic oxidation sites excluding steroid dienone is 5. The molecule has 1 heterocycles. The summed E-state index contributed by atoms with van der Waals surface area (Å²) >= 11 is 1.34. The van der Waals surface area contributed by atoms with Gasteiger partial charge in [-0.1, -0.05) is 61.2 Å². The van der Waals surface area contributed by atoms with Crippen LogP contribution in [0.1, 0.15) is 66.7 Å². The number of benzene rings is 1. The number of aliphatic hydroxyl groups is 1. The van der Waals surface area contributed by atoms with Crippen molar-refractivity contribution in [2.75, 3.05) is 12.4 Å². The molecule has 2 aromatic rings. The lowest BCUT2D eigenvalue weighted by Crippen LogP contribution is -2.63. The highest BCUT2D eigenvalue weighted by atomic mass is 32.2. The minimum atomic E-state index is -1.53. The first-order valence-electron chi connectivity index (χ1n) is 15.5. The number of carbonyl (C=O) groups is 1. The van der Waals surface area contributed by atoms with Crippen LogP contribution in [0.2, 0.25) is 0 Å². The number of nitrogens with one attached hydrogen (secondary N) is 1. The average molecular weight is 606 g/mol. The van der Waals surface area contributed by atoms with Crippen LogP contribution in [0.4, 0.5) is 0 Å². The highest BCUT2D eigenvalue weighted by Crippen LogP contribution is 2.69. The van der Waals surface area contributed by atoms with E-state index in [-0.39, 0.29) is 34.7 Å². The summed E-state index contributed by atoms with van der Waals surface area (Å²) in [7, 11) is 0. The molecule has 0 amide bonds. The zero-order valence-electron chi connectivity index (χ0n) is 25.8. The van der Waals surface area contributed by atoms with Crippen LogP contribution in [0.3, 0.4) is 0 Å². The van der Waals surface area contributed by atoms with E-state index < -0.39 is 22.8 Å². The van der Waals surface area contributed by atoms with Gasteiger partial charge in [-0.3, -0.25) is 4.79 Å². The molecule has 3 saturated carbocycles. The fourth-order valence-electron chi connectivity index (χ4n) is 9.14. The molecule has 0 saturated heterocycles. The molecule has 0 aliphatic heterocycles. The van der Waals surface area contributed by atoms with E-state index in [1.165, 1.54) is 17.3 Å². The van der Waals surface area contributed by atoms with Gasteiger partial charge in [-0.05, 0) is 82.4 Å². The lowest BCUT2D eigenvalue weighted by molar-refractivity contribution is -0.271. The van der Waals surface area contributed by atoms with Crippen molar-refractivity contribution in [1.82, 2.24) is 9.97 Å². The molecule has 43 heavy (non-hydrogen) atoms. The maximum Gasteiger partial charge on any atom is 0.175 e. The summed E-state index contributed by atoms with van der Waals surface area (Å²) in [6, 6.07) is 5.22. The molecule has 4 aliphatic carbocycles. The van der Waals surface area contributed by atoms with Gasteiger partial charge in [0.2, 0.25) is 0 Å². The number of imidazole rings is 1. The Balaban J connectivity index is 1.31. The number of hydrogen-bond donors (Lipinski definition) is 2. The number of H-pyrrole nitrogens is 1.